The summed E-state index contributed by atoms with van der Waals surface area (Å²) in [5.74, 6) is 1.98. The number of ether oxygens (including phenoxy) is 1. The summed E-state index contributed by atoms with van der Waals surface area (Å²) in [7, 11) is 1.92. The highest BCUT2D eigenvalue weighted by molar-refractivity contribution is 5.14. The molecule has 0 spiro atoms. The van der Waals surface area contributed by atoms with Crippen molar-refractivity contribution in [1.29, 1.82) is 0 Å². The van der Waals surface area contributed by atoms with E-state index in [1.165, 1.54) is 0 Å². The Bertz CT molecular complexity index is 358. The molecule has 104 valence electrons. The summed E-state index contributed by atoms with van der Waals surface area (Å²) in [5, 5.41) is 7.76. The van der Waals surface area contributed by atoms with Crippen LogP contribution in [0, 0.1) is 18.8 Å². The highest BCUT2D eigenvalue weighted by atomic mass is 16.5. The first-order valence-corrected chi connectivity index (χ1v) is 6.78. The molecule has 1 aromatic heterocycles. The fourth-order valence-electron chi connectivity index (χ4n) is 1.78. The van der Waals surface area contributed by atoms with E-state index in [1.807, 2.05) is 20.0 Å². The van der Waals surface area contributed by atoms with Crippen LogP contribution < -0.4 is 10.1 Å². The molecule has 0 amide bonds. The second kappa shape index (κ2) is 6.78. The number of hydrogen-bond acceptors (Lipinski definition) is 3. The lowest BCUT2D eigenvalue weighted by Crippen LogP contribution is -2.37. The van der Waals surface area contributed by atoms with E-state index in [4.69, 9.17) is 4.74 Å². The lowest BCUT2D eigenvalue weighted by Gasteiger charge is -2.23. The summed E-state index contributed by atoms with van der Waals surface area (Å²) in [4.78, 5) is 0. The number of nitrogens with zero attached hydrogens (tertiary/aromatic N) is 2. The molecule has 1 aromatic rings. The molecule has 4 nitrogen and oxygen atoms in total. The highest BCUT2D eigenvalue weighted by Crippen LogP contribution is 2.16. The van der Waals surface area contributed by atoms with Gasteiger partial charge in [-0.2, -0.15) is 5.10 Å². The monoisotopic (exact) mass is 253 g/mol. The molecule has 0 saturated heterocycles. The highest BCUT2D eigenvalue weighted by Gasteiger charge is 2.17. The number of hydrogen-bond donors (Lipinski definition) is 1. The second-order valence-electron chi connectivity index (χ2n) is 5.70. The molecular weight excluding hydrogens is 226 g/mol. The zero-order valence-corrected chi connectivity index (χ0v) is 12.5. The fourth-order valence-corrected chi connectivity index (χ4v) is 1.78. The molecule has 0 bridgehead atoms. The smallest absolute Gasteiger partial charge is 0.212 e. The molecule has 1 atom stereocenters. The molecule has 0 saturated carbocycles. The summed E-state index contributed by atoms with van der Waals surface area (Å²) in [6, 6.07) is 1.98. The minimum atomic E-state index is 0.179. The Morgan fingerprint density at radius 3 is 2.39 bits per heavy atom. The van der Waals surface area contributed by atoms with Gasteiger partial charge >= 0.3 is 0 Å². The summed E-state index contributed by atoms with van der Waals surface area (Å²) in [6.45, 7) is 12.7. The molecule has 0 radical (unpaired) electrons. The van der Waals surface area contributed by atoms with Crippen molar-refractivity contribution in [1.82, 2.24) is 15.1 Å². The van der Waals surface area contributed by atoms with Gasteiger partial charge in [0.1, 0.15) is 6.10 Å². The maximum absolute atomic E-state index is 6.05. The van der Waals surface area contributed by atoms with E-state index in [1.54, 1.807) is 4.68 Å². The average Bonchev–Trinajstić information content (AvgIpc) is 2.55. The minimum Gasteiger partial charge on any atom is -0.473 e. The van der Waals surface area contributed by atoms with Gasteiger partial charge in [0.15, 0.2) is 0 Å². The van der Waals surface area contributed by atoms with Gasteiger partial charge in [-0.15, -0.1) is 0 Å². The lowest BCUT2D eigenvalue weighted by atomic mass is 10.1. The van der Waals surface area contributed by atoms with Gasteiger partial charge in [0, 0.05) is 19.7 Å². The molecule has 1 unspecified atom stereocenters. The van der Waals surface area contributed by atoms with E-state index in [9.17, 15) is 0 Å². The Hall–Kier alpha value is -1.03. The number of aromatic nitrogens is 2. The topological polar surface area (TPSA) is 39.1 Å². The van der Waals surface area contributed by atoms with Crippen LogP contribution in [0.1, 0.15) is 33.4 Å². The van der Waals surface area contributed by atoms with Gasteiger partial charge in [0.05, 0.1) is 5.69 Å². The van der Waals surface area contributed by atoms with Crippen molar-refractivity contribution < 1.29 is 4.74 Å². The van der Waals surface area contributed by atoms with Gasteiger partial charge in [-0.25, -0.2) is 4.68 Å². The Kier molecular flexibility index (Phi) is 5.66. The van der Waals surface area contributed by atoms with E-state index in [0.717, 1.165) is 24.7 Å². The predicted octanol–water partition coefficient (Wildman–Crippen LogP) is 2.38. The Morgan fingerprint density at radius 1 is 1.28 bits per heavy atom. The summed E-state index contributed by atoms with van der Waals surface area (Å²) >= 11 is 0. The van der Waals surface area contributed by atoms with Crippen molar-refractivity contribution in [3.8, 4) is 5.88 Å². The molecule has 4 heteroatoms. The first-order valence-electron chi connectivity index (χ1n) is 6.78. The predicted molar refractivity (Wildman–Crippen MR) is 74.9 cm³/mol. The van der Waals surface area contributed by atoms with E-state index < -0.39 is 0 Å². The van der Waals surface area contributed by atoms with Crippen molar-refractivity contribution >= 4 is 0 Å². The maximum atomic E-state index is 6.05. The lowest BCUT2D eigenvalue weighted by molar-refractivity contribution is 0.135. The van der Waals surface area contributed by atoms with Gasteiger partial charge < -0.3 is 10.1 Å². The Morgan fingerprint density at radius 2 is 1.94 bits per heavy atom. The van der Waals surface area contributed by atoms with Gasteiger partial charge in [0.25, 0.3) is 0 Å². The standard InChI is InChI=1S/C14H27N3O/c1-10(2)8-15-9-13(11(3)4)18-14-7-12(5)16-17(14)6/h7,10-11,13,15H,8-9H2,1-6H3. The number of rotatable bonds is 7. The van der Waals surface area contributed by atoms with Crippen LogP contribution in [0.4, 0.5) is 0 Å². The van der Waals surface area contributed by atoms with Gasteiger partial charge in [-0.3, -0.25) is 0 Å². The average molecular weight is 253 g/mol. The van der Waals surface area contributed by atoms with Crippen LogP contribution in [0.5, 0.6) is 5.88 Å². The first-order chi connectivity index (χ1) is 8.40. The SMILES string of the molecule is Cc1cc(OC(CNCC(C)C)C(C)C)n(C)n1. The first kappa shape index (κ1) is 15.0. The van der Waals surface area contributed by atoms with Crippen molar-refractivity contribution in [2.75, 3.05) is 13.1 Å². The molecule has 0 aliphatic carbocycles. The quantitative estimate of drug-likeness (QED) is 0.811. The third-order valence-electron chi connectivity index (χ3n) is 2.87. The third kappa shape index (κ3) is 4.69. The van der Waals surface area contributed by atoms with Crippen molar-refractivity contribution in [3.63, 3.8) is 0 Å². The minimum absolute atomic E-state index is 0.179. The van der Waals surface area contributed by atoms with Gasteiger partial charge in [-0.05, 0) is 25.3 Å². The summed E-state index contributed by atoms with van der Waals surface area (Å²) in [6.07, 6.45) is 0.179. The van der Waals surface area contributed by atoms with Crippen LogP contribution in [0.15, 0.2) is 6.07 Å². The fraction of sp³-hybridized carbons (Fsp3) is 0.786. The molecule has 1 heterocycles. The number of aryl methyl sites for hydroxylation is 2. The molecule has 1 N–H and O–H groups in total. The van der Waals surface area contributed by atoms with Crippen LogP contribution in [0.3, 0.4) is 0 Å². The van der Waals surface area contributed by atoms with Crippen LogP contribution in [-0.2, 0) is 7.05 Å². The van der Waals surface area contributed by atoms with E-state index >= 15 is 0 Å². The van der Waals surface area contributed by atoms with Gasteiger partial charge in [-0.1, -0.05) is 27.7 Å². The molecule has 0 aliphatic rings. The summed E-state index contributed by atoms with van der Waals surface area (Å²) < 4.78 is 7.85. The second-order valence-corrected chi connectivity index (χ2v) is 5.70. The van der Waals surface area contributed by atoms with Crippen LogP contribution in [0.2, 0.25) is 0 Å². The van der Waals surface area contributed by atoms with Crippen LogP contribution in [-0.4, -0.2) is 29.0 Å². The zero-order chi connectivity index (χ0) is 13.7. The van der Waals surface area contributed by atoms with E-state index in [0.29, 0.717) is 11.8 Å². The molecule has 0 aliphatic heterocycles. The normalized spacial score (nSPS) is 13.3. The maximum Gasteiger partial charge on any atom is 0.212 e. The molecule has 0 aromatic carbocycles. The van der Waals surface area contributed by atoms with Gasteiger partial charge in [0.2, 0.25) is 5.88 Å². The molecule has 0 fully saturated rings. The molecular formula is C14H27N3O. The molecule has 1 rings (SSSR count). The summed E-state index contributed by atoms with van der Waals surface area (Å²) in [5.41, 5.74) is 0.991. The van der Waals surface area contributed by atoms with E-state index in [2.05, 4.69) is 38.1 Å². The largest absolute Gasteiger partial charge is 0.473 e. The Balaban J connectivity index is 2.55. The molecule has 18 heavy (non-hydrogen) atoms. The van der Waals surface area contributed by atoms with Crippen molar-refractivity contribution in [3.05, 3.63) is 11.8 Å². The van der Waals surface area contributed by atoms with Crippen LogP contribution >= 0.6 is 0 Å². The Labute approximate surface area is 111 Å². The van der Waals surface area contributed by atoms with E-state index in [-0.39, 0.29) is 6.10 Å². The van der Waals surface area contributed by atoms with Crippen molar-refractivity contribution in [2.45, 2.75) is 40.7 Å². The third-order valence-corrected chi connectivity index (χ3v) is 2.87. The zero-order valence-electron chi connectivity index (χ0n) is 12.5. The van der Waals surface area contributed by atoms with Crippen molar-refractivity contribution in [2.24, 2.45) is 18.9 Å². The number of nitrogens with one attached hydrogen (secondary N) is 1. The van der Waals surface area contributed by atoms with Crippen LogP contribution in [0.25, 0.3) is 0 Å².